The third-order valence-electron chi connectivity index (χ3n) is 5.49. The van der Waals surface area contributed by atoms with Crippen LogP contribution in [0.25, 0.3) is 0 Å². The Kier molecular flexibility index (Phi) is 9.92. The summed E-state index contributed by atoms with van der Waals surface area (Å²) in [7, 11) is 3.56. The van der Waals surface area contributed by atoms with Crippen molar-refractivity contribution in [1.29, 1.82) is 0 Å². The summed E-state index contributed by atoms with van der Waals surface area (Å²) in [5, 5.41) is 3.59. The molecule has 2 rings (SSSR count). The Balaban J connectivity index is 1.83. The van der Waals surface area contributed by atoms with Gasteiger partial charge in [-0.05, 0) is 30.0 Å². The summed E-state index contributed by atoms with van der Waals surface area (Å²) >= 11 is 0. The van der Waals surface area contributed by atoms with Crippen molar-refractivity contribution in [2.75, 3.05) is 60.2 Å². The topological polar surface area (TPSA) is 55.3 Å². The highest BCUT2D eigenvalue weighted by Crippen LogP contribution is 2.25. The van der Waals surface area contributed by atoms with E-state index in [0.29, 0.717) is 25.0 Å². The second-order valence-corrected chi connectivity index (χ2v) is 9.18. The lowest BCUT2D eigenvalue weighted by molar-refractivity contribution is 0.0536. The predicted molar refractivity (Wildman–Crippen MR) is 124 cm³/mol. The monoisotopic (exact) mass is 419 g/mol. The van der Waals surface area contributed by atoms with E-state index in [0.717, 1.165) is 51.0 Å². The minimum absolute atomic E-state index is 0.0189. The van der Waals surface area contributed by atoms with Gasteiger partial charge in [0.1, 0.15) is 5.75 Å². The molecule has 30 heavy (non-hydrogen) atoms. The Morgan fingerprint density at radius 2 is 1.97 bits per heavy atom. The van der Waals surface area contributed by atoms with E-state index in [4.69, 9.17) is 14.2 Å². The Morgan fingerprint density at radius 3 is 2.60 bits per heavy atom. The van der Waals surface area contributed by atoms with Gasteiger partial charge in [0.15, 0.2) is 5.96 Å². The van der Waals surface area contributed by atoms with Gasteiger partial charge in [-0.15, -0.1) is 0 Å². The molecule has 0 radical (unpaired) electrons. The molecule has 6 heteroatoms. The fourth-order valence-corrected chi connectivity index (χ4v) is 3.55. The maximum absolute atomic E-state index is 5.81. The maximum atomic E-state index is 5.81. The summed E-state index contributed by atoms with van der Waals surface area (Å²) in [6, 6.07) is 8.48. The summed E-state index contributed by atoms with van der Waals surface area (Å²) in [5.74, 6) is 2.98. The molecule has 1 saturated heterocycles. The van der Waals surface area contributed by atoms with Gasteiger partial charge in [0.05, 0.1) is 26.4 Å². The Labute approximate surface area is 183 Å². The molecule has 0 aliphatic carbocycles. The molecule has 1 heterocycles. The summed E-state index contributed by atoms with van der Waals surface area (Å²) < 4.78 is 16.6. The van der Waals surface area contributed by atoms with Crippen LogP contribution in [0.4, 0.5) is 0 Å². The third kappa shape index (κ3) is 7.80. The minimum Gasteiger partial charge on any atom is -0.493 e. The smallest absolute Gasteiger partial charge is 0.193 e. The molecule has 0 saturated carbocycles. The number of ether oxygens (including phenoxy) is 3. The van der Waals surface area contributed by atoms with Crippen LogP contribution in [0.1, 0.15) is 39.7 Å². The Bertz CT molecular complexity index is 644. The number of benzene rings is 1. The van der Waals surface area contributed by atoms with Crippen molar-refractivity contribution < 1.29 is 14.2 Å². The van der Waals surface area contributed by atoms with Gasteiger partial charge in [-0.3, -0.25) is 4.99 Å². The quantitative estimate of drug-likeness (QED) is 0.338. The molecule has 0 aromatic heterocycles. The predicted octanol–water partition coefficient (Wildman–Crippen LogP) is 3.56. The molecule has 1 N–H and O–H groups in total. The first-order chi connectivity index (χ1) is 14.4. The van der Waals surface area contributed by atoms with Gasteiger partial charge in [-0.1, -0.05) is 39.8 Å². The SMILES string of the molecule is CN=C(NCC(C)(C)c1ccc(OCC(C)C)cc1)N1CCC(COCCOC)C1. The number of aliphatic imine (C=N–C) groups is 1. The molecule has 1 aromatic carbocycles. The molecule has 1 atom stereocenters. The minimum atomic E-state index is -0.0189. The molecule has 1 fully saturated rings. The Morgan fingerprint density at radius 1 is 1.23 bits per heavy atom. The van der Waals surface area contributed by atoms with E-state index in [1.807, 2.05) is 7.05 Å². The number of hydrogen-bond acceptors (Lipinski definition) is 4. The fourth-order valence-electron chi connectivity index (χ4n) is 3.55. The zero-order valence-electron chi connectivity index (χ0n) is 19.7. The average Bonchev–Trinajstić information content (AvgIpc) is 3.19. The summed E-state index contributed by atoms with van der Waals surface area (Å²) in [5.41, 5.74) is 1.27. The van der Waals surface area contributed by atoms with Crippen LogP contribution in [-0.4, -0.2) is 71.1 Å². The lowest BCUT2D eigenvalue weighted by Crippen LogP contribution is -2.45. The Hall–Kier alpha value is -1.79. The van der Waals surface area contributed by atoms with Crippen molar-refractivity contribution in [2.24, 2.45) is 16.8 Å². The first kappa shape index (κ1) is 24.5. The third-order valence-corrected chi connectivity index (χ3v) is 5.49. The molecular formula is C24H41N3O3. The van der Waals surface area contributed by atoms with Crippen molar-refractivity contribution in [3.8, 4) is 5.75 Å². The van der Waals surface area contributed by atoms with Gasteiger partial charge in [-0.2, -0.15) is 0 Å². The highest BCUT2D eigenvalue weighted by molar-refractivity contribution is 5.80. The maximum Gasteiger partial charge on any atom is 0.193 e. The lowest BCUT2D eigenvalue weighted by atomic mass is 9.84. The van der Waals surface area contributed by atoms with Crippen LogP contribution < -0.4 is 10.1 Å². The largest absolute Gasteiger partial charge is 0.493 e. The first-order valence-electron chi connectivity index (χ1n) is 11.1. The highest BCUT2D eigenvalue weighted by Gasteiger charge is 2.27. The van der Waals surface area contributed by atoms with Gasteiger partial charge in [0.25, 0.3) is 0 Å². The van der Waals surface area contributed by atoms with Crippen molar-refractivity contribution in [3.05, 3.63) is 29.8 Å². The van der Waals surface area contributed by atoms with Crippen LogP contribution in [0.2, 0.25) is 0 Å². The van der Waals surface area contributed by atoms with E-state index in [1.165, 1.54) is 5.56 Å². The van der Waals surface area contributed by atoms with E-state index in [2.05, 4.69) is 67.2 Å². The van der Waals surface area contributed by atoms with Gasteiger partial charge < -0.3 is 24.4 Å². The number of nitrogens with zero attached hydrogens (tertiary/aromatic N) is 2. The van der Waals surface area contributed by atoms with Crippen LogP contribution in [0, 0.1) is 11.8 Å². The van der Waals surface area contributed by atoms with Crippen LogP contribution in [-0.2, 0) is 14.9 Å². The van der Waals surface area contributed by atoms with E-state index in [1.54, 1.807) is 7.11 Å². The van der Waals surface area contributed by atoms with E-state index in [9.17, 15) is 0 Å². The molecule has 170 valence electrons. The second kappa shape index (κ2) is 12.2. The van der Waals surface area contributed by atoms with Crippen LogP contribution >= 0.6 is 0 Å². The number of nitrogens with one attached hydrogen (secondary N) is 1. The first-order valence-corrected chi connectivity index (χ1v) is 11.1. The van der Waals surface area contributed by atoms with Gasteiger partial charge in [-0.25, -0.2) is 0 Å². The molecule has 1 aromatic rings. The molecule has 0 bridgehead atoms. The summed E-state index contributed by atoms with van der Waals surface area (Å²) in [6.07, 6.45) is 1.13. The van der Waals surface area contributed by atoms with Gasteiger partial charge in [0.2, 0.25) is 0 Å². The number of hydrogen-bond donors (Lipinski definition) is 1. The number of rotatable bonds is 11. The van der Waals surface area contributed by atoms with Gasteiger partial charge in [0, 0.05) is 45.1 Å². The van der Waals surface area contributed by atoms with Crippen LogP contribution in [0.15, 0.2) is 29.3 Å². The summed E-state index contributed by atoms with van der Waals surface area (Å²) in [6.45, 7) is 14.5. The average molecular weight is 420 g/mol. The van der Waals surface area contributed by atoms with E-state index < -0.39 is 0 Å². The van der Waals surface area contributed by atoms with E-state index >= 15 is 0 Å². The fraction of sp³-hybridized carbons (Fsp3) is 0.708. The molecule has 0 spiro atoms. The molecule has 1 aliphatic heterocycles. The lowest BCUT2D eigenvalue weighted by Gasteiger charge is -2.29. The number of methoxy groups -OCH3 is 1. The standard InChI is InChI=1S/C24H41N3O3/c1-19(2)16-30-22-9-7-21(8-10-22)24(3,4)18-26-23(25-5)27-12-11-20(15-27)17-29-14-13-28-6/h7-10,19-20H,11-18H2,1-6H3,(H,25,26). The highest BCUT2D eigenvalue weighted by atomic mass is 16.5. The zero-order chi connectivity index (χ0) is 22.0. The van der Waals surface area contributed by atoms with Crippen LogP contribution in [0.3, 0.4) is 0 Å². The number of guanidine groups is 1. The zero-order valence-corrected chi connectivity index (χ0v) is 19.7. The molecule has 1 aliphatic rings. The second-order valence-electron chi connectivity index (χ2n) is 9.18. The normalized spacial score (nSPS) is 17.6. The molecular weight excluding hydrogens is 378 g/mol. The van der Waals surface area contributed by atoms with Crippen molar-refractivity contribution >= 4 is 5.96 Å². The van der Waals surface area contributed by atoms with Crippen molar-refractivity contribution in [1.82, 2.24) is 10.2 Å². The molecule has 0 amide bonds. The van der Waals surface area contributed by atoms with Crippen molar-refractivity contribution in [2.45, 2.75) is 39.5 Å². The van der Waals surface area contributed by atoms with Gasteiger partial charge >= 0.3 is 0 Å². The molecule has 1 unspecified atom stereocenters. The van der Waals surface area contributed by atoms with Crippen LogP contribution in [0.5, 0.6) is 5.75 Å². The number of likely N-dealkylation sites (tertiary alicyclic amines) is 1. The van der Waals surface area contributed by atoms with Crippen molar-refractivity contribution in [3.63, 3.8) is 0 Å². The summed E-state index contributed by atoms with van der Waals surface area (Å²) in [4.78, 5) is 6.85. The molecule has 6 nitrogen and oxygen atoms in total. The van der Waals surface area contributed by atoms with E-state index in [-0.39, 0.29) is 5.41 Å².